The Bertz CT molecular complexity index is 823. The zero-order valence-electron chi connectivity index (χ0n) is 18.5. The van der Waals surface area contributed by atoms with Crippen LogP contribution < -0.4 is 15.4 Å². The molecule has 0 atom stereocenters. The van der Waals surface area contributed by atoms with Crippen molar-refractivity contribution >= 4 is 29.9 Å². The molecule has 6 nitrogen and oxygen atoms in total. The molecule has 0 radical (unpaired) electrons. The van der Waals surface area contributed by atoms with E-state index in [1.165, 1.54) is 12.1 Å². The highest BCUT2D eigenvalue weighted by molar-refractivity contribution is 14.0. The zero-order chi connectivity index (χ0) is 21.3. The van der Waals surface area contributed by atoms with Gasteiger partial charge in [0.2, 0.25) is 5.88 Å². The summed E-state index contributed by atoms with van der Waals surface area (Å²) in [5.74, 6) is 1.55. The van der Waals surface area contributed by atoms with Crippen LogP contribution in [0.3, 0.4) is 0 Å². The number of ether oxygens (including phenoxy) is 1. The number of pyridine rings is 1. The van der Waals surface area contributed by atoms with Crippen molar-refractivity contribution in [3.63, 3.8) is 0 Å². The van der Waals surface area contributed by atoms with Crippen LogP contribution >= 0.6 is 24.0 Å². The van der Waals surface area contributed by atoms with Gasteiger partial charge in [-0.25, -0.2) is 14.4 Å². The fraction of sp³-hybridized carbons (Fsp3) is 0.478. The number of aliphatic imine (C=N–C) groups is 1. The lowest BCUT2D eigenvalue weighted by atomic mass is 10.0. The molecule has 2 heterocycles. The molecular formula is C23H33FIN5O. The number of halogens is 2. The summed E-state index contributed by atoms with van der Waals surface area (Å²) in [6, 6.07) is 10.7. The van der Waals surface area contributed by atoms with Crippen LogP contribution in [0.2, 0.25) is 0 Å². The van der Waals surface area contributed by atoms with Gasteiger partial charge in [-0.05, 0) is 69.5 Å². The molecule has 2 aromatic rings. The molecule has 31 heavy (non-hydrogen) atoms. The molecule has 8 heteroatoms. The molecule has 2 N–H and O–H groups in total. The lowest BCUT2D eigenvalue weighted by molar-refractivity contribution is 0.167. The molecule has 0 saturated carbocycles. The molecule has 1 aromatic carbocycles. The molecule has 1 saturated heterocycles. The Morgan fingerprint density at radius 3 is 2.58 bits per heavy atom. The van der Waals surface area contributed by atoms with E-state index in [2.05, 4.69) is 41.3 Å². The number of benzene rings is 1. The Labute approximate surface area is 201 Å². The van der Waals surface area contributed by atoms with E-state index in [4.69, 9.17) is 9.73 Å². The van der Waals surface area contributed by atoms with E-state index in [9.17, 15) is 4.39 Å². The molecule has 3 rings (SSSR count). The van der Waals surface area contributed by atoms with Crippen molar-refractivity contribution < 1.29 is 9.13 Å². The molecule has 0 aliphatic carbocycles. The first-order valence-corrected chi connectivity index (χ1v) is 10.7. The summed E-state index contributed by atoms with van der Waals surface area (Å²) in [5.41, 5.74) is 0.994. The van der Waals surface area contributed by atoms with Crippen LogP contribution in [0.5, 0.6) is 11.6 Å². The van der Waals surface area contributed by atoms with Gasteiger partial charge in [-0.15, -0.1) is 24.0 Å². The molecule has 1 fully saturated rings. The van der Waals surface area contributed by atoms with E-state index in [0.717, 1.165) is 44.0 Å². The van der Waals surface area contributed by atoms with Crippen LogP contribution in [0.15, 0.2) is 47.6 Å². The number of nitrogens with one attached hydrogen (secondary N) is 2. The summed E-state index contributed by atoms with van der Waals surface area (Å²) in [4.78, 5) is 11.5. The predicted molar refractivity (Wildman–Crippen MR) is 134 cm³/mol. The smallest absolute Gasteiger partial charge is 0.219 e. The highest BCUT2D eigenvalue weighted by Gasteiger charge is 2.21. The standard InChI is InChI=1S/C23H32FN5O.HI/c1-4-25-23(28-20-10-13-29(14-11-20)17(2)3)27-16-18-9-12-26-22(15-18)30-21-7-5-19(24)6-8-21;/h5-9,12,15,17,20H,4,10-11,13-14,16H2,1-3H3,(H2,25,27,28);1H. The SMILES string of the molecule is CCNC(=NCc1ccnc(Oc2ccc(F)cc2)c1)NC1CCN(C(C)C)CC1.I. The maximum absolute atomic E-state index is 13.1. The van der Waals surface area contributed by atoms with Gasteiger partial charge in [-0.2, -0.15) is 0 Å². The average molecular weight is 541 g/mol. The fourth-order valence-electron chi connectivity index (χ4n) is 3.47. The number of aromatic nitrogens is 1. The van der Waals surface area contributed by atoms with E-state index in [1.54, 1.807) is 18.3 Å². The van der Waals surface area contributed by atoms with Crippen LogP contribution in [-0.4, -0.2) is 47.6 Å². The highest BCUT2D eigenvalue weighted by atomic mass is 127. The average Bonchev–Trinajstić information content (AvgIpc) is 2.74. The summed E-state index contributed by atoms with van der Waals surface area (Å²) >= 11 is 0. The summed E-state index contributed by atoms with van der Waals surface area (Å²) in [7, 11) is 0. The molecular weight excluding hydrogens is 508 g/mol. The minimum Gasteiger partial charge on any atom is -0.439 e. The van der Waals surface area contributed by atoms with Crippen molar-refractivity contribution in [3.8, 4) is 11.6 Å². The Balaban J connectivity index is 0.00000341. The van der Waals surface area contributed by atoms with Gasteiger partial charge < -0.3 is 20.3 Å². The number of likely N-dealkylation sites (tertiary alicyclic amines) is 1. The van der Waals surface area contributed by atoms with Crippen molar-refractivity contribution in [1.82, 2.24) is 20.5 Å². The summed E-state index contributed by atoms with van der Waals surface area (Å²) < 4.78 is 18.8. The Morgan fingerprint density at radius 1 is 1.23 bits per heavy atom. The monoisotopic (exact) mass is 541 g/mol. The van der Waals surface area contributed by atoms with Crippen molar-refractivity contribution in [1.29, 1.82) is 0 Å². The van der Waals surface area contributed by atoms with Gasteiger partial charge in [0.15, 0.2) is 5.96 Å². The summed E-state index contributed by atoms with van der Waals surface area (Å²) in [6.07, 6.45) is 3.94. The lowest BCUT2D eigenvalue weighted by Gasteiger charge is -2.35. The van der Waals surface area contributed by atoms with Gasteiger partial charge in [0.1, 0.15) is 11.6 Å². The first-order chi connectivity index (χ1) is 14.5. The lowest BCUT2D eigenvalue weighted by Crippen LogP contribution is -2.49. The van der Waals surface area contributed by atoms with E-state index in [0.29, 0.717) is 30.3 Å². The maximum Gasteiger partial charge on any atom is 0.219 e. The Kier molecular flexibility index (Phi) is 10.5. The first kappa shape index (κ1) is 25.3. The van der Waals surface area contributed by atoms with Crippen molar-refractivity contribution in [2.24, 2.45) is 4.99 Å². The Hall–Kier alpha value is -1.94. The van der Waals surface area contributed by atoms with Gasteiger partial charge in [0.25, 0.3) is 0 Å². The maximum atomic E-state index is 13.1. The van der Waals surface area contributed by atoms with Crippen molar-refractivity contribution in [2.75, 3.05) is 19.6 Å². The zero-order valence-corrected chi connectivity index (χ0v) is 20.8. The van der Waals surface area contributed by atoms with Gasteiger partial charge in [0, 0.05) is 44.0 Å². The van der Waals surface area contributed by atoms with Crippen LogP contribution in [0.25, 0.3) is 0 Å². The first-order valence-electron chi connectivity index (χ1n) is 10.7. The molecule has 0 bridgehead atoms. The fourth-order valence-corrected chi connectivity index (χ4v) is 3.47. The van der Waals surface area contributed by atoms with Crippen LogP contribution in [0.1, 0.15) is 39.2 Å². The number of hydrogen-bond donors (Lipinski definition) is 2. The largest absolute Gasteiger partial charge is 0.439 e. The number of rotatable bonds is 7. The molecule has 1 aliphatic rings. The van der Waals surface area contributed by atoms with E-state index < -0.39 is 0 Å². The predicted octanol–water partition coefficient (Wildman–Crippen LogP) is 4.56. The Morgan fingerprint density at radius 2 is 1.94 bits per heavy atom. The van der Waals surface area contributed by atoms with Crippen LogP contribution in [0.4, 0.5) is 4.39 Å². The van der Waals surface area contributed by atoms with Gasteiger partial charge in [0.05, 0.1) is 6.54 Å². The van der Waals surface area contributed by atoms with Gasteiger partial charge in [-0.1, -0.05) is 0 Å². The third-order valence-corrected chi connectivity index (χ3v) is 5.20. The number of piperidine rings is 1. The molecule has 170 valence electrons. The topological polar surface area (TPSA) is 61.8 Å². The van der Waals surface area contributed by atoms with E-state index >= 15 is 0 Å². The molecule has 0 spiro atoms. The highest BCUT2D eigenvalue weighted by Crippen LogP contribution is 2.20. The number of guanidine groups is 1. The normalized spacial score (nSPS) is 15.5. The third-order valence-electron chi connectivity index (χ3n) is 5.20. The second kappa shape index (κ2) is 12.8. The minimum absolute atomic E-state index is 0. The number of hydrogen-bond acceptors (Lipinski definition) is 4. The molecule has 1 aliphatic heterocycles. The van der Waals surface area contributed by atoms with E-state index in [1.807, 2.05) is 12.1 Å². The van der Waals surface area contributed by atoms with Crippen LogP contribution in [-0.2, 0) is 6.54 Å². The summed E-state index contributed by atoms with van der Waals surface area (Å²) in [5, 5.41) is 6.91. The molecule has 0 unspecified atom stereocenters. The van der Waals surface area contributed by atoms with Crippen molar-refractivity contribution in [2.45, 2.75) is 52.2 Å². The number of nitrogens with zero attached hydrogens (tertiary/aromatic N) is 3. The quantitative estimate of drug-likeness (QED) is 0.306. The van der Waals surface area contributed by atoms with Crippen molar-refractivity contribution in [3.05, 3.63) is 54.0 Å². The summed E-state index contributed by atoms with van der Waals surface area (Å²) in [6.45, 7) is 10.1. The van der Waals surface area contributed by atoms with Gasteiger partial charge in [-0.3, -0.25) is 0 Å². The van der Waals surface area contributed by atoms with Crippen LogP contribution in [0, 0.1) is 5.82 Å². The second-order valence-corrected chi connectivity index (χ2v) is 7.80. The van der Waals surface area contributed by atoms with E-state index in [-0.39, 0.29) is 29.8 Å². The minimum atomic E-state index is -0.295. The van der Waals surface area contributed by atoms with Gasteiger partial charge >= 0.3 is 0 Å². The third kappa shape index (κ3) is 8.25. The molecule has 0 amide bonds. The molecule has 1 aromatic heterocycles. The second-order valence-electron chi connectivity index (χ2n) is 7.80.